The van der Waals surface area contributed by atoms with Crippen molar-refractivity contribution < 1.29 is 18.0 Å². The number of amides is 1. The maximum atomic E-state index is 12.9. The predicted molar refractivity (Wildman–Crippen MR) is 72.3 cm³/mol. The molecular formula is C14H25F3N2O. The Labute approximate surface area is 118 Å². The number of hydrogen-bond acceptors (Lipinski definition) is 2. The van der Waals surface area contributed by atoms with Crippen LogP contribution in [0.4, 0.5) is 13.2 Å². The van der Waals surface area contributed by atoms with Crippen molar-refractivity contribution >= 4 is 5.91 Å². The summed E-state index contributed by atoms with van der Waals surface area (Å²) in [5.74, 6) is -1.000. The normalized spacial score (nSPS) is 23.9. The van der Waals surface area contributed by atoms with E-state index >= 15 is 0 Å². The highest BCUT2D eigenvalue weighted by Gasteiger charge is 2.45. The minimum absolute atomic E-state index is 0.106. The smallest absolute Gasteiger partial charge is 0.356 e. The van der Waals surface area contributed by atoms with Gasteiger partial charge in [-0.2, -0.15) is 13.2 Å². The zero-order valence-electron chi connectivity index (χ0n) is 12.2. The van der Waals surface area contributed by atoms with Crippen LogP contribution in [0.5, 0.6) is 0 Å². The van der Waals surface area contributed by atoms with Gasteiger partial charge in [0.1, 0.15) is 0 Å². The van der Waals surface area contributed by atoms with Gasteiger partial charge in [-0.3, -0.25) is 4.79 Å². The second-order valence-corrected chi connectivity index (χ2v) is 5.94. The van der Waals surface area contributed by atoms with Gasteiger partial charge in [-0.1, -0.05) is 26.7 Å². The second-order valence-electron chi connectivity index (χ2n) is 5.94. The molecule has 3 nitrogen and oxygen atoms in total. The fourth-order valence-electron chi connectivity index (χ4n) is 2.54. The number of carbonyl (C=O) groups excluding carboxylic acids is 1. The van der Waals surface area contributed by atoms with Gasteiger partial charge in [0, 0.05) is 25.6 Å². The van der Waals surface area contributed by atoms with E-state index in [1.807, 2.05) is 13.8 Å². The summed E-state index contributed by atoms with van der Waals surface area (Å²) in [6.45, 7) is 4.90. The standard InChI is InChI=1S/C14H25F3N2O/c1-10(2)9-19-13(20)7-8-18-12-6-4-3-5-11(12)14(15,16)17/h10-12,18H,3-9H2,1-2H3,(H,19,20). The Morgan fingerprint density at radius 3 is 2.50 bits per heavy atom. The topological polar surface area (TPSA) is 41.1 Å². The molecular weight excluding hydrogens is 269 g/mol. The summed E-state index contributed by atoms with van der Waals surface area (Å²) in [5, 5.41) is 5.68. The number of alkyl halides is 3. The molecule has 1 amide bonds. The van der Waals surface area contributed by atoms with E-state index in [-0.39, 0.29) is 18.7 Å². The Bertz CT molecular complexity index is 305. The van der Waals surface area contributed by atoms with E-state index in [0.29, 0.717) is 31.8 Å². The van der Waals surface area contributed by atoms with Crippen LogP contribution >= 0.6 is 0 Å². The van der Waals surface area contributed by atoms with Crippen molar-refractivity contribution in [1.29, 1.82) is 0 Å². The number of nitrogens with one attached hydrogen (secondary N) is 2. The van der Waals surface area contributed by atoms with Gasteiger partial charge in [-0.15, -0.1) is 0 Å². The first-order valence-electron chi connectivity index (χ1n) is 7.37. The van der Waals surface area contributed by atoms with Crippen molar-refractivity contribution in [1.82, 2.24) is 10.6 Å². The second kappa shape index (κ2) is 7.86. The molecule has 0 aromatic carbocycles. The molecule has 0 aromatic rings. The first-order chi connectivity index (χ1) is 9.30. The van der Waals surface area contributed by atoms with Crippen molar-refractivity contribution in [3.63, 3.8) is 0 Å². The fourth-order valence-corrected chi connectivity index (χ4v) is 2.54. The van der Waals surface area contributed by atoms with E-state index in [4.69, 9.17) is 0 Å². The monoisotopic (exact) mass is 294 g/mol. The van der Waals surface area contributed by atoms with Gasteiger partial charge in [-0.25, -0.2) is 0 Å². The highest BCUT2D eigenvalue weighted by atomic mass is 19.4. The third kappa shape index (κ3) is 6.11. The van der Waals surface area contributed by atoms with E-state index in [1.54, 1.807) is 0 Å². The van der Waals surface area contributed by atoms with Gasteiger partial charge in [-0.05, 0) is 18.8 Å². The lowest BCUT2D eigenvalue weighted by atomic mass is 9.84. The number of rotatable bonds is 6. The predicted octanol–water partition coefficient (Wildman–Crippen LogP) is 2.86. The Hall–Kier alpha value is -0.780. The van der Waals surface area contributed by atoms with E-state index in [0.717, 1.165) is 6.42 Å². The van der Waals surface area contributed by atoms with Crippen LogP contribution in [-0.2, 0) is 4.79 Å². The van der Waals surface area contributed by atoms with Crippen LogP contribution in [0.2, 0.25) is 0 Å². The lowest BCUT2D eigenvalue weighted by Crippen LogP contribution is -2.46. The van der Waals surface area contributed by atoms with Crippen molar-refractivity contribution in [2.24, 2.45) is 11.8 Å². The molecule has 0 heterocycles. The van der Waals surface area contributed by atoms with Crippen LogP contribution in [0.1, 0.15) is 46.0 Å². The molecule has 1 aliphatic carbocycles. The van der Waals surface area contributed by atoms with Crippen LogP contribution in [0.15, 0.2) is 0 Å². The summed E-state index contributed by atoms with van der Waals surface area (Å²) in [5.41, 5.74) is 0. The van der Waals surface area contributed by atoms with Crippen LogP contribution in [0.3, 0.4) is 0 Å². The molecule has 0 spiro atoms. The van der Waals surface area contributed by atoms with Crippen molar-refractivity contribution in [3.8, 4) is 0 Å². The molecule has 1 aliphatic rings. The molecule has 0 aromatic heterocycles. The molecule has 2 atom stereocenters. The molecule has 20 heavy (non-hydrogen) atoms. The molecule has 2 unspecified atom stereocenters. The third-order valence-corrected chi connectivity index (χ3v) is 3.65. The van der Waals surface area contributed by atoms with Gasteiger partial charge in [0.15, 0.2) is 0 Å². The summed E-state index contributed by atoms with van der Waals surface area (Å²) in [6.07, 6.45) is -1.72. The molecule has 6 heteroatoms. The van der Waals surface area contributed by atoms with Gasteiger partial charge >= 0.3 is 6.18 Å². The van der Waals surface area contributed by atoms with Crippen LogP contribution in [-0.4, -0.2) is 31.2 Å². The maximum Gasteiger partial charge on any atom is 0.393 e. The zero-order valence-corrected chi connectivity index (χ0v) is 12.2. The Kier molecular flexibility index (Phi) is 6.79. The summed E-state index contributed by atoms with van der Waals surface area (Å²) in [4.78, 5) is 11.5. The first kappa shape index (κ1) is 17.3. The van der Waals surface area contributed by atoms with Crippen molar-refractivity contribution in [3.05, 3.63) is 0 Å². The van der Waals surface area contributed by atoms with E-state index in [2.05, 4.69) is 10.6 Å². The van der Waals surface area contributed by atoms with E-state index in [9.17, 15) is 18.0 Å². The maximum absolute atomic E-state index is 12.9. The molecule has 118 valence electrons. The molecule has 2 N–H and O–H groups in total. The van der Waals surface area contributed by atoms with Crippen LogP contribution in [0.25, 0.3) is 0 Å². The van der Waals surface area contributed by atoms with Crippen LogP contribution in [0, 0.1) is 11.8 Å². The summed E-state index contributed by atoms with van der Waals surface area (Å²) < 4.78 is 38.6. The minimum Gasteiger partial charge on any atom is -0.356 e. The van der Waals surface area contributed by atoms with Crippen molar-refractivity contribution in [2.75, 3.05) is 13.1 Å². The third-order valence-electron chi connectivity index (χ3n) is 3.65. The summed E-state index contributed by atoms with van der Waals surface area (Å²) in [7, 11) is 0. The zero-order chi connectivity index (χ0) is 15.2. The highest BCUT2D eigenvalue weighted by Crippen LogP contribution is 2.37. The van der Waals surface area contributed by atoms with Crippen molar-refractivity contribution in [2.45, 2.75) is 58.2 Å². The molecule has 1 fully saturated rings. The molecule has 1 saturated carbocycles. The van der Waals surface area contributed by atoms with E-state index in [1.165, 1.54) is 0 Å². The quantitative estimate of drug-likeness (QED) is 0.791. The lowest BCUT2D eigenvalue weighted by Gasteiger charge is -2.33. The highest BCUT2D eigenvalue weighted by molar-refractivity contribution is 5.76. The van der Waals surface area contributed by atoms with E-state index < -0.39 is 18.1 Å². The summed E-state index contributed by atoms with van der Waals surface area (Å²) in [6, 6.07) is -0.540. The Morgan fingerprint density at radius 2 is 1.90 bits per heavy atom. The number of hydrogen-bond donors (Lipinski definition) is 2. The molecule has 0 aliphatic heterocycles. The lowest BCUT2D eigenvalue weighted by molar-refractivity contribution is -0.188. The molecule has 1 rings (SSSR count). The number of carbonyl (C=O) groups is 1. The Balaban J connectivity index is 2.30. The van der Waals surface area contributed by atoms with Gasteiger partial charge < -0.3 is 10.6 Å². The van der Waals surface area contributed by atoms with Gasteiger partial charge in [0.25, 0.3) is 0 Å². The first-order valence-corrected chi connectivity index (χ1v) is 7.37. The van der Waals surface area contributed by atoms with Gasteiger partial charge in [0.05, 0.1) is 5.92 Å². The molecule has 0 bridgehead atoms. The largest absolute Gasteiger partial charge is 0.393 e. The molecule has 0 radical (unpaired) electrons. The Morgan fingerprint density at radius 1 is 1.25 bits per heavy atom. The van der Waals surface area contributed by atoms with Gasteiger partial charge in [0.2, 0.25) is 5.91 Å². The minimum atomic E-state index is -4.14. The average Bonchev–Trinajstić information content (AvgIpc) is 2.36. The number of halogens is 3. The SMILES string of the molecule is CC(C)CNC(=O)CCNC1CCCCC1C(F)(F)F. The fraction of sp³-hybridized carbons (Fsp3) is 0.929. The van der Waals surface area contributed by atoms with Crippen LogP contribution < -0.4 is 10.6 Å². The molecule has 0 saturated heterocycles. The summed E-state index contributed by atoms with van der Waals surface area (Å²) >= 11 is 0. The average molecular weight is 294 g/mol.